The van der Waals surface area contributed by atoms with E-state index in [4.69, 9.17) is 12.2 Å². The number of hydrogen-bond acceptors (Lipinski definition) is 4. The third-order valence-corrected chi connectivity index (χ3v) is 4.19. The summed E-state index contributed by atoms with van der Waals surface area (Å²) in [7, 11) is 0. The highest BCUT2D eigenvalue weighted by molar-refractivity contribution is 7.73. The largest absolute Gasteiger partial charge is 0.347 e. The van der Waals surface area contributed by atoms with Gasteiger partial charge in [-0.2, -0.15) is 0 Å². The Morgan fingerprint density at radius 1 is 1.40 bits per heavy atom. The molecule has 15 heavy (non-hydrogen) atoms. The van der Waals surface area contributed by atoms with Gasteiger partial charge in [0, 0.05) is 13.1 Å². The van der Waals surface area contributed by atoms with Gasteiger partial charge in [0.15, 0.2) is 3.95 Å². The van der Waals surface area contributed by atoms with E-state index < -0.39 is 0 Å². The van der Waals surface area contributed by atoms with Crippen molar-refractivity contribution >= 4 is 28.7 Å². The minimum atomic E-state index is 0.479. The first kappa shape index (κ1) is 11.1. The molecule has 0 atom stereocenters. The van der Waals surface area contributed by atoms with Crippen molar-refractivity contribution in [1.29, 1.82) is 0 Å². The van der Waals surface area contributed by atoms with Crippen molar-refractivity contribution in [3.05, 3.63) is 3.95 Å². The molecule has 0 aromatic carbocycles. The number of aromatic amines is 1. The van der Waals surface area contributed by atoms with Crippen LogP contribution in [-0.2, 0) is 0 Å². The molecule has 84 valence electrons. The Kier molecular flexibility index (Phi) is 3.11. The molecule has 1 saturated heterocycles. The van der Waals surface area contributed by atoms with E-state index in [1.807, 2.05) is 0 Å². The van der Waals surface area contributed by atoms with Crippen LogP contribution in [-0.4, -0.2) is 23.3 Å². The molecule has 1 fully saturated rings. The summed E-state index contributed by atoms with van der Waals surface area (Å²) in [5.41, 5.74) is 0.479. The van der Waals surface area contributed by atoms with Gasteiger partial charge in [-0.05, 0) is 36.9 Å². The summed E-state index contributed by atoms with van der Waals surface area (Å²) in [6.07, 6.45) is 3.79. The van der Waals surface area contributed by atoms with E-state index in [1.54, 1.807) is 11.3 Å². The van der Waals surface area contributed by atoms with Crippen LogP contribution in [0.15, 0.2) is 0 Å². The van der Waals surface area contributed by atoms with Crippen LogP contribution in [0.1, 0.15) is 33.1 Å². The lowest BCUT2D eigenvalue weighted by atomic mass is 9.85. The molecule has 1 aromatic heterocycles. The van der Waals surface area contributed by atoms with Gasteiger partial charge in [0.1, 0.15) is 0 Å². The maximum absolute atomic E-state index is 5.05. The average Bonchev–Trinajstić information content (AvgIpc) is 2.49. The molecule has 1 aliphatic heterocycles. The van der Waals surface area contributed by atoms with Crippen molar-refractivity contribution in [2.45, 2.75) is 33.1 Å². The standard InChI is InChI=1S/C10H17N3S2/c1-10(2)4-3-6-13(7-5-10)8-11-12-9(14)15-8/h3-7H2,1-2H3,(H,12,14). The van der Waals surface area contributed by atoms with Gasteiger partial charge in [0.2, 0.25) is 5.13 Å². The molecule has 0 saturated carbocycles. The predicted octanol–water partition coefficient (Wildman–Crippen LogP) is 3.22. The van der Waals surface area contributed by atoms with Gasteiger partial charge in [-0.15, -0.1) is 5.10 Å². The second-order valence-corrected chi connectivity index (χ2v) is 6.54. The molecular weight excluding hydrogens is 226 g/mol. The van der Waals surface area contributed by atoms with Crippen LogP contribution < -0.4 is 4.90 Å². The van der Waals surface area contributed by atoms with Crippen LogP contribution in [0.5, 0.6) is 0 Å². The molecule has 2 rings (SSSR count). The summed E-state index contributed by atoms with van der Waals surface area (Å²) >= 11 is 6.63. The van der Waals surface area contributed by atoms with Crippen molar-refractivity contribution in [1.82, 2.24) is 10.2 Å². The fourth-order valence-electron chi connectivity index (χ4n) is 1.97. The van der Waals surface area contributed by atoms with Crippen molar-refractivity contribution in [3.8, 4) is 0 Å². The van der Waals surface area contributed by atoms with Crippen LogP contribution >= 0.6 is 23.6 Å². The molecule has 0 spiro atoms. The van der Waals surface area contributed by atoms with E-state index in [9.17, 15) is 0 Å². The van der Waals surface area contributed by atoms with Crippen molar-refractivity contribution in [2.24, 2.45) is 5.41 Å². The number of H-pyrrole nitrogens is 1. The minimum Gasteiger partial charge on any atom is -0.347 e. The summed E-state index contributed by atoms with van der Waals surface area (Å²) in [5, 5.41) is 8.15. The lowest BCUT2D eigenvalue weighted by molar-refractivity contribution is 0.325. The van der Waals surface area contributed by atoms with Gasteiger partial charge < -0.3 is 4.90 Å². The van der Waals surface area contributed by atoms with Gasteiger partial charge in [-0.25, -0.2) is 0 Å². The first-order valence-corrected chi connectivity index (χ1v) is 6.60. The van der Waals surface area contributed by atoms with Crippen molar-refractivity contribution in [2.75, 3.05) is 18.0 Å². The van der Waals surface area contributed by atoms with Gasteiger partial charge in [0.25, 0.3) is 0 Å². The Morgan fingerprint density at radius 3 is 2.87 bits per heavy atom. The summed E-state index contributed by atoms with van der Waals surface area (Å²) in [4.78, 5) is 2.35. The Bertz CT molecular complexity index is 380. The second-order valence-electron chi connectivity index (χ2n) is 4.90. The van der Waals surface area contributed by atoms with Gasteiger partial charge in [-0.1, -0.05) is 25.2 Å². The molecule has 1 aliphatic rings. The maximum Gasteiger partial charge on any atom is 0.206 e. The van der Waals surface area contributed by atoms with Crippen molar-refractivity contribution in [3.63, 3.8) is 0 Å². The zero-order valence-electron chi connectivity index (χ0n) is 9.25. The number of nitrogens with zero attached hydrogens (tertiary/aromatic N) is 2. The lowest BCUT2D eigenvalue weighted by Gasteiger charge is -2.22. The number of rotatable bonds is 1. The molecule has 1 N–H and O–H groups in total. The van der Waals surface area contributed by atoms with Gasteiger partial charge in [-0.3, -0.25) is 5.10 Å². The third-order valence-electron chi connectivity index (χ3n) is 3.04. The van der Waals surface area contributed by atoms with E-state index >= 15 is 0 Å². The molecule has 0 amide bonds. The zero-order chi connectivity index (χ0) is 10.9. The van der Waals surface area contributed by atoms with Crippen LogP contribution in [0.25, 0.3) is 0 Å². The fraction of sp³-hybridized carbons (Fsp3) is 0.800. The molecule has 0 bridgehead atoms. The van der Waals surface area contributed by atoms with Crippen LogP contribution in [0.3, 0.4) is 0 Å². The van der Waals surface area contributed by atoms with Crippen LogP contribution in [0.4, 0.5) is 5.13 Å². The lowest BCUT2D eigenvalue weighted by Crippen LogP contribution is -2.24. The first-order chi connectivity index (χ1) is 7.07. The van der Waals surface area contributed by atoms with Crippen LogP contribution in [0.2, 0.25) is 0 Å². The Hall–Kier alpha value is -0.420. The predicted molar refractivity (Wildman–Crippen MR) is 67.1 cm³/mol. The number of hydrogen-bond donors (Lipinski definition) is 1. The summed E-state index contributed by atoms with van der Waals surface area (Å²) in [6, 6.07) is 0. The highest BCUT2D eigenvalue weighted by atomic mass is 32.1. The third kappa shape index (κ3) is 2.78. The van der Waals surface area contributed by atoms with E-state index in [1.165, 1.54) is 19.3 Å². The smallest absolute Gasteiger partial charge is 0.206 e. The molecule has 5 heteroatoms. The van der Waals surface area contributed by atoms with E-state index in [0.29, 0.717) is 5.41 Å². The van der Waals surface area contributed by atoms with Crippen molar-refractivity contribution < 1.29 is 0 Å². The van der Waals surface area contributed by atoms with Gasteiger partial charge >= 0.3 is 0 Å². The molecule has 0 unspecified atom stereocenters. The zero-order valence-corrected chi connectivity index (χ0v) is 10.9. The monoisotopic (exact) mass is 243 g/mol. The minimum absolute atomic E-state index is 0.479. The quantitative estimate of drug-likeness (QED) is 0.769. The topological polar surface area (TPSA) is 31.9 Å². The summed E-state index contributed by atoms with van der Waals surface area (Å²) in [5.74, 6) is 0. The molecule has 0 aliphatic carbocycles. The number of nitrogens with one attached hydrogen (secondary N) is 1. The van der Waals surface area contributed by atoms with E-state index in [0.717, 1.165) is 22.2 Å². The highest BCUT2D eigenvalue weighted by Crippen LogP contribution is 2.31. The summed E-state index contributed by atoms with van der Waals surface area (Å²) < 4.78 is 0.772. The van der Waals surface area contributed by atoms with E-state index in [-0.39, 0.29) is 0 Å². The fourth-order valence-corrected chi connectivity index (χ4v) is 2.90. The molecule has 2 heterocycles. The number of anilines is 1. The maximum atomic E-state index is 5.05. The molecule has 3 nitrogen and oxygen atoms in total. The van der Waals surface area contributed by atoms with Crippen LogP contribution in [0, 0.1) is 9.37 Å². The first-order valence-electron chi connectivity index (χ1n) is 5.37. The Labute approximate surface area is 99.5 Å². The van der Waals surface area contributed by atoms with E-state index in [2.05, 4.69) is 28.9 Å². The molecule has 1 aromatic rings. The average molecular weight is 243 g/mol. The second kappa shape index (κ2) is 4.22. The Morgan fingerprint density at radius 2 is 2.20 bits per heavy atom. The summed E-state index contributed by atoms with van der Waals surface area (Å²) in [6.45, 7) is 6.91. The molecular formula is C10H17N3S2. The number of aromatic nitrogens is 2. The van der Waals surface area contributed by atoms with Gasteiger partial charge in [0.05, 0.1) is 0 Å². The normalized spacial score (nSPS) is 21.3. The SMILES string of the molecule is CC1(C)CCCN(c2n[nH]c(=S)s2)CC1. The Balaban J connectivity index is 2.09. The highest BCUT2D eigenvalue weighted by Gasteiger charge is 2.24. The molecule has 0 radical (unpaired) electrons.